The summed E-state index contributed by atoms with van der Waals surface area (Å²) in [6, 6.07) is 9.84. The highest BCUT2D eigenvalue weighted by molar-refractivity contribution is 7.91. The zero-order valence-electron chi connectivity index (χ0n) is 20.0. The minimum Gasteiger partial charge on any atom is -0.456 e. The molecule has 0 bridgehead atoms. The van der Waals surface area contributed by atoms with Crippen molar-refractivity contribution in [2.24, 2.45) is 5.92 Å². The van der Waals surface area contributed by atoms with Gasteiger partial charge in [0.05, 0.1) is 17.9 Å². The molecule has 184 valence electrons. The summed E-state index contributed by atoms with van der Waals surface area (Å²) in [4.78, 5) is 37.9. The van der Waals surface area contributed by atoms with Gasteiger partial charge in [-0.15, -0.1) is 0 Å². The van der Waals surface area contributed by atoms with E-state index >= 15 is 0 Å². The zero-order chi connectivity index (χ0) is 25.0. The van der Waals surface area contributed by atoms with Crippen molar-refractivity contribution in [2.45, 2.75) is 52.6 Å². The Balaban J connectivity index is 1.62. The van der Waals surface area contributed by atoms with Gasteiger partial charge in [0.15, 0.2) is 16.4 Å². The van der Waals surface area contributed by atoms with Crippen molar-refractivity contribution in [3.63, 3.8) is 0 Å². The first-order valence-corrected chi connectivity index (χ1v) is 13.2. The van der Waals surface area contributed by atoms with Crippen LogP contribution in [0.3, 0.4) is 0 Å². The fourth-order valence-corrected chi connectivity index (χ4v) is 6.11. The van der Waals surface area contributed by atoms with Crippen molar-refractivity contribution in [3.8, 4) is 0 Å². The minimum absolute atomic E-state index is 0.0602. The first kappa shape index (κ1) is 25.7. The maximum Gasteiger partial charge on any atom is 0.329 e. The number of benzene rings is 1. The summed E-state index contributed by atoms with van der Waals surface area (Å²) >= 11 is 0. The first-order valence-electron chi connectivity index (χ1n) is 11.4. The molecule has 34 heavy (non-hydrogen) atoms. The van der Waals surface area contributed by atoms with Crippen LogP contribution in [0.2, 0.25) is 0 Å². The van der Waals surface area contributed by atoms with Crippen molar-refractivity contribution in [1.82, 2.24) is 9.88 Å². The highest BCUT2D eigenvalue weighted by Crippen LogP contribution is 2.29. The number of ether oxygens (including phenoxy) is 1. The number of carbonyl (C=O) groups excluding carboxylic acids is 3. The Bertz CT molecular complexity index is 1170. The van der Waals surface area contributed by atoms with Gasteiger partial charge in [0.25, 0.3) is 0 Å². The van der Waals surface area contributed by atoms with Crippen LogP contribution in [0.15, 0.2) is 36.4 Å². The van der Waals surface area contributed by atoms with E-state index in [9.17, 15) is 22.8 Å². The molecule has 1 saturated heterocycles. The molecule has 2 aromatic rings. The molecule has 3 rings (SSSR count). The normalized spacial score (nSPS) is 18.0. The number of esters is 1. The molecule has 2 atom stereocenters. The maximum absolute atomic E-state index is 12.8. The van der Waals surface area contributed by atoms with Gasteiger partial charge in [-0.3, -0.25) is 9.59 Å². The summed E-state index contributed by atoms with van der Waals surface area (Å²) in [5.74, 6) is -1.36. The Morgan fingerprint density at radius 2 is 1.82 bits per heavy atom. The smallest absolute Gasteiger partial charge is 0.329 e. The van der Waals surface area contributed by atoms with E-state index in [1.54, 1.807) is 26.8 Å². The SMILES string of the molecule is Cc1cc(C(=O)COC(=O)[C@@H](NC(=O)Cc2ccccc2)C(C)C)c(C)n1C1CCS(=O)(=O)C1. The van der Waals surface area contributed by atoms with E-state index in [-0.39, 0.29) is 41.6 Å². The molecule has 8 nitrogen and oxygen atoms in total. The number of nitrogens with one attached hydrogen (secondary N) is 1. The fourth-order valence-electron chi connectivity index (χ4n) is 4.41. The average Bonchev–Trinajstić information content (AvgIpc) is 3.27. The summed E-state index contributed by atoms with van der Waals surface area (Å²) in [7, 11) is -3.07. The van der Waals surface area contributed by atoms with Gasteiger partial charge in [-0.05, 0) is 37.8 Å². The number of nitrogens with zero attached hydrogens (tertiary/aromatic N) is 1. The summed E-state index contributed by atoms with van der Waals surface area (Å²) < 4.78 is 30.9. The van der Waals surface area contributed by atoms with Gasteiger partial charge < -0.3 is 14.6 Å². The van der Waals surface area contributed by atoms with Gasteiger partial charge in [0.2, 0.25) is 11.7 Å². The zero-order valence-corrected chi connectivity index (χ0v) is 20.9. The van der Waals surface area contributed by atoms with E-state index in [2.05, 4.69) is 5.32 Å². The van der Waals surface area contributed by atoms with Gasteiger partial charge in [-0.1, -0.05) is 44.2 Å². The van der Waals surface area contributed by atoms with Crippen LogP contribution in [0, 0.1) is 19.8 Å². The molecule has 1 N–H and O–H groups in total. The van der Waals surface area contributed by atoms with E-state index in [0.29, 0.717) is 17.7 Å². The number of sulfone groups is 1. The summed E-state index contributed by atoms with van der Waals surface area (Å²) in [6.45, 7) is 6.73. The average molecular weight is 489 g/mol. The fraction of sp³-hybridized carbons (Fsp3) is 0.480. The molecule has 1 aliphatic heterocycles. The largest absolute Gasteiger partial charge is 0.456 e. The predicted molar refractivity (Wildman–Crippen MR) is 128 cm³/mol. The molecule has 1 aromatic carbocycles. The molecule has 1 aromatic heterocycles. The Labute approximate surface area is 200 Å². The Hall–Kier alpha value is -2.94. The van der Waals surface area contributed by atoms with Crippen molar-refractivity contribution in [1.29, 1.82) is 0 Å². The second-order valence-corrected chi connectivity index (χ2v) is 11.4. The van der Waals surface area contributed by atoms with Crippen LogP contribution in [0.1, 0.15) is 53.6 Å². The molecule has 1 fully saturated rings. The highest BCUT2D eigenvalue weighted by atomic mass is 32.2. The monoisotopic (exact) mass is 488 g/mol. The molecule has 0 saturated carbocycles. The van der Waals surface area contributed by atoms with E-state index in [4.69, 9.17) is 4.74 Å². The Morgan fingerprint density at radius 1 is 1.15 bits per heavy atom. The van der Waals surface area contributed by atoms with Crippen LogP contribution in [-0.2, 0) is 30.6 Å². The number of hydrogen-bond acceptors (Lipinski definition) is 6. The Kier molecular flexibility index (Phi) is 7.97. The number of hydrogen-bond donors (Lipinski definition) is 1. The van der Waals surface area contributed by atoms with Crippen LogP contribution in [-0.4, -0.2) is 54.8 Å². The van der Waals surface area contributed by atoms with Crippen molar-refractivity contribution in [3.05, 3.63) is 58.9 Å². The molecular weight excluding hydrogens is 456 g/mol. The van der Waals surface area contributed by atoms with Crippen LogP contribution in [0.4, 0.5) is 0 Å². The quantitative estimate of drug-likeness (QED) is 0.429. The number of Topliss-reactive ketones (excluding diaryl/α,β-unsaturated/α-hetero) is 1. The second kappa shape index (κ2) is 10.5. The molecular formula is C25H32N2O6S. The number of aryl methyl sites for hydroxylation is 1. The highest BCUT2D eigenvalue weighted by Gasteiger charge is 2.32. The third-order valence-electron chi connectivity index (χ3n) is 6.15. The van der Waals surface area contributed by atoms with Gasteiger partial charge in [0.1, 0.15) is 6.04 Å². The molecule has 9 heteroatoms. The molecule has 1 aliphatic rings. The summed E-state index contributed by atoms with van der Waals surface area (Å²) in [6.07, 6.45) is 0.652. The third-order valence-corrected chi connectivity index (χ3v) is 7.90. The lowest BCUT2D eigenvalue weighted by atomic mass is 10.0. The van der Waals surface area contributed by atoms with Crippen molar-refractivity contribution >= 4 is 27.5 Å². The van der Waals surface area contributed by atoms with Crippen molar-refractivity contribution < 1.29 is 27.5 Å². The number of ketones is 1. The van der Waals surface area contributed by atoms with Crippen LogP contribution < -0.4 is 5.32 Å². The van der Waals surface area contributed by atoms with Crippen LogP contribution in [0.5, 0.6) is 0 Å². The van der Waals surface area contributed by atoms with Crippen molar-refractivity contribution in [2.75, 3.05) is 18.1 Å². The molecule has 0 aliphatic carbocycles. The topological polar surface area (TPSA) is 112 Å². The number of carbonyl (C=O) groups is 3. The van der Waals surface area contributed by atoms with Gasteiger partial charge >= 0.3 is 5.97 Å². The van der Waals surface area contributed by atoms with E-state index < -0.39 is 28.5 Å². The number of rotatable bonds is 9. The molecule has 0 radical (unpaired) electrons. The lowest BCUT2D eigenvalue weighted by Crippen LogP contribution is -2.46. The lowest BCUT2D eigenvalue weighted by molar-refractivity contribution is -0.148. The van der Waals surface area contributed by atoms with E-state index in [1.807, 2.05) is 41.8 Å². The third kappa shape index (κ3) is 6.14. The van der Waals surface area contributed by atoms with Gasteiger partial charge in [0, 0.05) is 23.0 Å². The predicted octanol–water partition coefficient (Wildman–Crippen LogP) is 2.57. The minimum atomic E-state index is -3.07. The number of aromatic nitrogens is 1. The maximum atomic E-state index is 12.8. The van der Waals surface area contributed by atoms with Crippen LogP contribution >= 0.6 is 0 Å². The van der Waals surface area contributed by atoms with Gasteiger partial charge in [-0.2, -0.15) is 0 Å². The Morgan fingerprint density at radius 3 is 2.41 bits per heavy atom. The second-order valence-electron chi connectivity index (χ2n) is 9.19. The molecule has 2 heterocycles. The standard InChI is InChI=1S/C25H32N2O6S/c1-16(2)24(26-23(29)13-19-8-6-5-7-9-19)25(30)33-14-22(28)21-12-17(3)27(18(21)4)20-10-11-34(31,32)15-20/h5-9,12,16,20,24H,10-11,13-15H2,1-4H3,(H,26,29)/t20?,24-/m0/s1. The van der Waals surface area contributed by atoms with E-state index in [1.165, 1.54) is 0 Å². The lowest BCUT2D eigenvalue weighted by Gasteiger charge is -2.21. The van der Waals surface area contributed by atoms with Crippen LogP contribution in [0.25, 0.3) is 0 Å². The molecule has 1 unspecified atom stereocenters. The summed E-state index contributed by atoms with van der Waals surface area (Å²) in [5.41, 5.74) is 2.69. The molecule has 1 amide bonds. The van der Waals surface area contributed by atoms with E-state index in [0.717, 1.165) is 11.3 Å². The van der Waals surface area contributed by atoms with Gasteiger partial charge in [-0.25, -0.2) is 13.2 Å². The molecule has 0 spiro atoms. The first-order chi connectivity index (χ1) is 16.0. The summed E-state index contributed by atoms with van der Waals surface area (Å²) in [5, 5.41) is 2.71. The number of amides is 1.